The Morgan fingerprint density at radius 2 is 1.79 bits per heavy atom. The van der Waals surface area contributed by atoms with Gasteiger partial charge in [-0.1, -0.05) is 63.3 Å². The largest absolute Gasteiger partial charge is 0.375 e. The highest BCUT2D eigenvalue weighted by atomic mass is 32.1. The van der Waals surface area contributed by atoms with E-state index < -0.39 is 0 Å². The lowest BCUT2D eigenvalue weighted by atomic mass is 9.96. The highest BCUT2D eigenvalue weighted by molar-refractivity contribution is 7.80. The third-order valence-electron chi connectivity index (χ3n) is 1.98. The van der Waals surface area contributed by atoms with Crippen LogP contribution in [0.4, 0.5) is 0 Å². The molecule has 0 bridgehead atoms. The molecular formula is C12H17NS. The zero-order valence-electron chi connectivity index (χ0n) is 9.00. The maximum atomic E-state index is 5.28. The van der Waals surface area contributed by atoms with Crippen LogP contribution in [-0.2, 0) is 6.54 Å². The van der Waals surface area contributed by atoms with Crippen LogP contribution in [-0.4, -0.2) is 4.99 Å². The minimum atomic E-state index is 0.0596. The first-order valence-electron chi connectivity index (χ1n) is 4.82. The van der Waals surface area contributed by atoms with Gasteiger partial charge in [-0.3, -0.25) is 0 Å². The normalized spacial score (nSPS) is 11.1. The van der Waals surface area contributed by atoms with Gasteiger partial charge >= 0.3 is 0 Å². The Morgan fingerprint density at radius 3 is 2.29 bits per heavy atom. The van der Waals surface area contributed by atoms with Crippen molar-refractivity contribution in [1.29, 1.82) is 0 Å². The SMILES string of the molecule is CC(C)(C)C(=S)NCc1ccccc1. The van der Waals surface area contributed by atoms with Gasteiger partial charge in [0.05, 0.1) is 4.99 Å². The molecular weight excluding hydrogens is 190 g/mol. The number of nitrogens with one attached hydrogen (secondary N) is 1. The molecule has 0 aliphatic rings. The fourth-order valence-corrected chi connectivity index (χ4v) is 1.12. The van der Waals surface area contributed by atoms with E-state index in [0.29, 0.717) is 0 Å². The van der Waals surface area contributed by atoms with Gasteiger partial charge in [0.25, 0.3) is 0 Å². The van der Waals surface area contributed by atoms with E-state index >= 15 is 0 Å². The van der Waals surface area contributed by atoms with Crippen LogP contribution in [0.5, 0.6) is 0 Å². The quantitative estimate of drug-likeness (QED) is 0.748. The highest BCUT2D eigenvalue weighted by Gasteiger charge is 2.15. The van der Waals surface area contributed by atoms with Gasteiger partial charge in [0.1, 0.15) is 0 Å². The molecule has 14 heavy (non-hydrogen) atoms. The Labute approximate surface area is 91.5 Å². The van der Waals surface area contributed by atoms with Crippen molar-refractivity contribution in [3.63, 3.8) is 0 Å². The summed E-state index contributed by atoms with van der Waals surface area (Å²) in [6, 6.07) is 10.3. The van der Waals surface area contributed by atoms with Gasteiger partial charge in [-0.25, -0.2) is 0 Å². The molecule has 0 spiro atoms. The summed E-state index contributed by atoms with van der Waals surface area (Å²) in [6.07, 6.45) is 0. The molecule has 0 saturated carbocycles. The predicted octanol–water partition coefficient (Wildman–Crippen LogP) is 3.15. The molecule has 0 fully saturated rings. The molecule has 1 nitrogen and oxygen atoms in total. The minimum Gasteiger partial charge on any atom is -0.375 e. The Bertz CT molecular complexity index is 298. The number of benzene rings is 1. The van der Waals surface area contributed by atoms with E-state index in [4.69, 9.17) is 12.2 Å². The maximum Gasteiger partial charge on any atom is 0.0810 e. The number of thiocarbonyl (C=S) groups is 1. The fourth-order valence-electron chi connectivity index (χ4n) is 1.04. The second kappa shape index (κ2) is 4.56. The van der Waals surface area contributed by atoms with Crippen molar-refractivity contribution < 1.29 is 0 Å². The number of rotatable bonds is 2. The van der Waals surface area contributed by atoms with Crippen LogP contribution in [0.1, 0.15) is 26.3 Å². The van der Waals surface area contributed by atoms with E-state index in [-0.39, 0.29) is 5.41 Å². The number of hydrogen-bond acceptors (Lipinski definition) is 1. The van der Waals surface area contributed by atoms with Crippen LogP contribution < -0.4 is 5.32 Å². The van der Waals surface area contributed by atoms with Crippen LogP contribution in [0, 0.1) is 5.41 Å². The minimum absolute atomic E-state index is 0.0596. The zero-order chi connectivity index (χ0) is 10.6. The molecule has 0 aromatic heterocycles. The molecule has 1 N–H and O–H groups in total. The zero-order valence-corrected chi connectivity index (χ0v) is 9.82. The van der Waals surface area contributed by atoms with Gasteiger partial charge in [0.2, 0.25) is 0 Å². The molecule has 0 atom stereocenters. The van der Waals surface area contributed by atoms with E-state index in [1.165, 1.54) is 5.56 Å². The first-order chi connectivity index (χ1) is 6.50. The van der Waals surface area contributed by atoms with E-state index in [1.807, 2.05) is 18.2 Å². The fraction of sp³-hybridized carbons (Fsp3) is 0.417. The van der Waals surface area contributed by atoms with E-state index in [2.05, 4.69) is 38.2 Å². The molecule has 0 amide bonds. The Hall–Kier alpha value is -0.890. The monoisotopic (exact) mass is 207 g/mol. The van der Waals surface area contributed by atoms with Crippen molar-refractivity contribution in [2.45, 2.75) is 27.3 Å². The van der Waals surface area contributed by atoms with E-state index in [0.717, 1.165) is 11.5 Å². The summed E-state index contributed by atoms with van der Waals surface area (Å²) >= 11 is 5.28. The Morgan fingerprint density at radius 1 is 1.21 bits per heavy atom. The molecule has 1 aromatic carbocycles. The van der Waals surface area contributed by atoms with Crippen LogP contribution in [0.15, 0.2) is 30.3 Å². The van der Waals surface area contributed by atoms with Crippen molar-refractivity contribution in [3.8, 4) is 0 Å². The summed E-state index contributed by atoms with van der Waals surface area (Å²) in [5.74, 6) is 0. The van der Waals surface area contributed by atoms with Crippen molar-refractivity contribution in [2.24, 2.45) is 5.41 Å². The Balaban J connectivity index is 2.46. The van der Waals surface area contributed by atoms with Crippen molar-refractivity contribution in [2.75, 3.05) is 0 Å². The molecule has 0 saturated heterocycles. The third-order valence-corrected chi connectivity index (χ3v) is 2.73. The van der Waals surface area contributed by atoms with Gasteiger partial charge in [0, 0.05) is 12.0 Å². The average molecular weight is 207 g/mol. The van der Waals surface area contributed by atoms with E-state index in [9.17, 15) is 0 Å². The van der Waals surface area contributed by atoms with Crippen LogP contribution in [0.3, 0.4) is 0 Å². The molecule has 0 aliphatic heterocycles. The van der Waals surface area contributed by atoms with Gasteiger partial charge < -0.3 is 5.32 Å². The first-order valence-corrected chi connectivity index (χ1v) is 5.23. The van der Waals surface area contributed by atoms with E-state index in [1.54, 1.807) is 0 Å². The molecule has 0 unspecified atom stereocenters. The Kier molecular flexibility index (Phi) is 3.64. The van der Waals surface area contributed by atoms with Gasteiger partial charge in [-0.05, 0) is 5.56 Å². The van der Waals surface area contributed by atoms with Crippen LogP contribution >= 0.6 is 12.2 Å². The van der Waals surface area contributed by atoms with Gasteiger partial charge in [0.15, 0.2) is 0 Å². The summed E-state index contributed by atoms with van der Waals surface area (Å²) in [6.45, 7) is 7.17. The lowest BCUT2D eigenvalue weighted by Crippen LogP contribution is -2.32. The molecule has 76 valence electrons. The van der Waals surface area contributed by atoms with Gasteiger partial charge in [-0.2, -0.15) is 0 Å². The number of hydrogen-bond donors (Lipinski definition) is 1. The average Bonchev–Trinajstić information content (AvgIpc) is 2.14. The molecule has 0 radical (unpaired) electrons. The van der Waals surface area contributed by atoms with Gasteiger partial charge in [-0.15, -0.1) is 0 Å². The lowest BCUT2D eigenvalue weighted by Gasteiger charge is -2.21. The molecule has 1 rings (SSSR count). The predicted molar refractivity (Wildman–Crippen MR) is 65.3 cm³/mol. The molecule has 0 heterocycles. The summed E-state index contributed by atoms with van der Waals surface area (Å²) in [5, 5.41) is 3.27. The molecule has 0 aliphatic carbocycles. The lowest BCUT2D eigenvalue weighted by molar-refractivity contribution is 0.575. The van der Waals surface area contributed by atoms with Crippen LogP contribution in [0.25, 0.3) is 0 Å². The second-order valence-corrected chi connectivity index (χ2v) is 4.83. The smallest absolute Gasteiger partial charge is 0.0810 e. The first kappa shape index (κ1) is 11.2. The van der Waals surface area contributed by atoms with Crippen molar-refractivity contribution in [3.05, 3.63) is 35.9 Å². The standard InChI is InChI=1S/C12H17NS/c1-12(2,3)11(14)13-9-10-7-5-4-6-8-10/h4-8H,9H2,1-3H3,(H,13,14). The third kappa shape index (κ3) is 3.46. The van der Waals surface area contributed by atoms with Crippen molar-refractivity contribution in [1.82, 2.24) is 5.32 Å². The van der Waals surface area contributed by atoms with Crippen molar-refractivity contribution >= 4 is 17.2 Å². The topological polar surface area (TPSA) is 12.0 Å². The summed E-state index contributed by atoms with van der Waals surface area (Å²) in [4.78, 5) is 0.918. The summed E-state index contributed by atoms with van der Waals surface area (Å²) in [5.41, 5.74) is 1.32. The summed E-state index contributed by atoms with van der Waals surface area (Å²) in [7, 11) is 0. The maximum absolute atomic E-state index is 5.28. The highest BCUT2D eigenvalue weighted by Crippen LogP contribution is 2.14. The second-order valence-electron chi connectivity index (χ2n) is 4.42. The summed E-state index contributed by atoms with van der Waals surface area (Å²) < 4.78 is 0. The molecule has 1 aromatic rings. The van der Waals surface area contributed by atoms with Crippen LogP contribution in [0.2, 0.25) is 0 Å². The molecule has 2 heteroatoms.